The first-order valence-electron chi connectivity index (χ1n) is 9.76. The molecule has 0 unspecified atom stereocenters. The van der Waals surface area contributed by atoms with Crippen LogP contribution in [0.1, 0.15) is 36.0 Å². The highest BCUT2D eigenvalue weighted by Crippen LogP contribution is 2.27. The second-order valence-electron chi connectivity index (χ2n) is 7.32. The maximum Gasteiger partial charge on any atom is 0.252 e. The van der Waals surface area contributed by atoms with E-state index in [1.165, 1.54) is 0 Å². The highest BCUT2D eigenvalue weighted by Gasteiger charge is 2.24. The molecule has 7 N–H and O–H groups in total. The van der Waals surface area contributed by atoms with Crippen LogP contribution in [0.25, 0.3) is 11.3 Å². The lowest BCUT2D eigenvalue weighted by Crippen LogP contribution is -2.43. The van der Waals surface area contributed by atoms with Gasteiger partial charge in [-0.3, -0.25) is 14.9 Å². The van der Waals surface area contributed by atoms with Crippen molar-refractivity contribution in [3.05, 3.63) is 48.2 Å². The average Bonchev–Trinajstić information content (AvgIpc) is 3.27. The summed E-state index contributed by atoms with van der Waals surface area (Å²) in [7, 11) is 0. The highest BCUT2D eigenvalue weighted by atomic mass is 19.1. The fourth-order valence-electron chi connectivity index (χ4n) is 3.58. The fourth-order valence-corrected chi connectivity index (χ4v) is 3.58. The molecule has 1 amide bonds. The van der Waals surface area contributed by atoms with Gasteiger partial charge >= 0.3 is 0 Å². The first-order chi connectivity index (χ1) is 14.5. The molecule has 3 aromatic heterocycles. The number of halogens is 1. The molecular formula is C20H23FN8O. The first kappa shape index (κ1) is 19.8. The lowest BCUT2D eigenvalue weighted by molar-refractivity contribution is 0.100. The quantitative estimate of drug-likeness (QED) is 0.419. The summed E-state index contributed by atoms with van der Waals surface area (Å²) in [5.41, 5.74) is 13.6. The van der Waals surface area contributed by atoms with Crippen molar-refractivity contribution >= 4 is 23.2 Å². The monoisotopic (exact) mass is 410 g/mol. The number of aromatic nitrogens is 4. The molecule has 1 fully saturated rings. The number of hydrogen-bond donors (Lipinski definition) is 5. The van der Waals surface area contributed by atoms with Crippen molar-refractivity contribution < 1.29 is 9.18 Å². The Labute approximate surface area is 172 Å². The van der Waals surface area contributed by atoms with E-state index in [-0.39, 0.29) is 29.3 Å². The van der Waals surface area contributed by atoms with Gasteiger partial charge in [0.1, 0.15) is 5.82 Å². The lowest BCUT2D eigenvalue weighted by Gasteiger charge is -2.30. The highest BCUT2D eigenvalue weighted by molar-refractivity contribution is 5.98. The number of aromatic amines is 1. The topological polar surface area (TPSA) is 148 Å². The first-order valence-corrected chi connectivity index (χ1v) is 9.76. The number of nitrogens with zero attached hydrogens (tertiary/aromatic N) is 3. The molecule has 1 aliphatic rings. The summed E-state index contributed by atoms with van der Waals surface area (Å²) < 4.78 is 14.6. The fraction of sp³-hybridized carbons (Fsp3) is 0.300. The van der Waals surface area contributed by atoms with Gasteiger partial charge in [-0.2, -0.15) is 5.10 Å². The number of amides is 1. The molecule has 0 radical (unpaired) electrons. The van der Waals surface area contributed by atoms with E-state index in [2.05, 4.69) is 30.8 Å². The third-order valence-electron chi connectivity index (χ3n) is 5.20. The summed E-state index contributed by atoms with van der Waals surface area (Å²) in [5, 5.41) is 12.8. The summed E-state index contributed by atoms with van der Waals surface area (Å²) >= 11 is 0. The minimum Gasteiger partial charge on any atom is -0.365 e. The van der Waals surface area contributed by atoms with Crippen molar-refractivity contribution in [3.8, 4) is 11.3 Å². The summed E-state index contributed by atoms with van der Waals surface area (Å²) in [6.07, 6.45) is 8.75. The zero-order valence-corrected chi connectivity index (χ0v) is 16.2. The zero-order valence-electron chi connectivity index (χ0n) is 16.2. The molecule has 0 bridgehead atoms. The molecule has 2 atom stereocenters. The van der Waals surface area contributed by atoms with Gasteiger partial charge in [-0.05, 0) is 31.0 Å². The molecule has 156 valence electrons. The Morgan fingerprint density at radius 3 is 2.80 bits per heavy atom. The third kappa shape index (κ3) is 4.23. The van der Waals surface area contributed by atoms with E-state index < -0.39 is 11.7 Å². The summed E-state index contributed by atoms with van der Waals surface area (Å²) in [6.45, 7) is 0. The SMILES string of the molecule is NC(=O)c1cc(F)c(N[C@@H]2CCCC[C@@H]2N)nc1Nc1ccnc(-c2cn[nH]c2)c1. The van der Waals surface area contributed by atoms with Crippen molar-refractivity contribution in [2.24, 2.45) is 11.5 Å². The number of primary amides is 1. The van der Waals surface area contributed by atoms with Gasteiger partial charge in [0.05, 0.1) is 17.5 Å². The van der Waals surface area contributed by atoms with Gasteiger partial charge in [-0.25, -0.2) is 9.37 Å². The summed E-state index contributed by atoms with van der Waals surface area (Å²) in [5.74, 6) is -1.25. The van der Waals surface area contributed by atoms with Crippen molar-refractivity contribution in [1.82, 2.24) is 20.2 Å². The molecule has 0 spiro atoms. The smallest absolute Gasteiger partial charge is 0.252 e. The molecule has 1 aliphatic carbocycles. The van der Waals surface area contributed by atoms with E-state index in [0.29, 0.717) is 11.4 Å². The van der Waals surface area contributed by atoms with Crippen LogP contribution in [0.5, 0.6) is 0 Å². The van der Waals surface area contributed by atoms with E-state index in [1.54, 1.807) is 30.7 Å². The molecule has 30 heavy (non-hydrogen) atoms. The van der Waals surface area contributed by atoms with Gasteiger partial charge in [0.2, 0.25) is 0 Å². The number of anilines is 3. The van der Waals surface area contributed by atoms with Gasteiger partial charge in [0.15, 0.2) is 11.6 Å². The van der Waals surface area contributed by atoms with E-state index >= 15 is 0 Å². The number of nitrogens with two attached hydrogens (primary N) is 2. The number of rotatable bonds is 6. The molecule has 1 saturated carbocycles. The second kappa shape index (κ2) is 8.46. The van der Waals surface area contributed by atoms with Crippen LogP contribution in [-0.4, -0.2) is 38.2 Å². The molecule has 0 aliphatic heterocycles. The molecular weight excluding hydrogens is 387 g/mol. The summed E-state index contributed by atoms with van der Waals surface area (Å²) in [4.78, 5) is 20.5. The van der Waals surface area contributed by atoms with Gasteiger partial charge < -0.3 is 22.1 Å². The van der Waals surface area contributed by atoms with E-state index in [9.17, 15) is 9.18 Å². The van der Waals surface area contributed by atoms with E-state index in [4.69, 9.17) is 11.5 Å². The maximum atomic E-state index is 14.6. The van der Waals surface area contributed by atoms with E-state index in [0.717, 1.165) is 37.3 Å². The van der Waals surface area contributed by atoms with Gasteiger partial charge in [-0.1, -0.05) is 12.8 Å². The number of pyridine rings is 2. The van der Waals surface area contributed by atoms with Crippen LogP contribution < -0.4 is 22.1 Å². The maximum absolute atomic E-state index is 14.6. The van der Waals surface area contributed by atoms with Crippen LogP contribution >= 0.6 is 0 Å². The Morgan fingerprint density at radius 2 is 2.07 bits per heavy atom. The number of nitrogens with one attached hydrogen (secondary N) is 3. The number of hydrogen-bond acceptors (Lipinski definition) is 7. The van der Waals surface area contributed by atoms with Crippen LogP contribution in [0.3, 0.4) is 0 Å². The standard InChI is InChI=1S/C20H23FN8O/c21-14-8-13(18(23)30)19(29-20(14)28-16-4-2-1-3-15(16)22)27-12-5-6-24-17(7-12)11-9-25-26-10-11/h5-10,15-16H,1-4,22H2,(H2,23,30)(H,25,26)(H2,24,27,28,29)/t15-,16+/m0/s1. The molecule has 10 heteroatoms. The van der Waals surface area contributed by atoms with E-state index in [1.807, 2.05) is 0 Å². The molecule has 9 nitrogen and oxygen atoms in total. The Balaban J connectivity index is 1.64. The van der Waals surface area contributed by atoms with Gasteiger partial charge in [0.25, 0.3) is 5.91 Å². The van der Waals surface area contributed by atoms with Crippen molar-refractivity contribution in [3.63, 3.8) is 0 Å². The lowest BCUT2D eigenvalue weighted by atomic mass is 9.91. The van der Waals surface area contributed by atoms with Crippen LogP contribution in [0.4, 0.5) is 21.7 Å². The second-order valence-corrected chi connectivity index (χ2v) is 7.32. The molecule has 4 rings (SSSR count). The van der Waals surface area contributed by atoms with Crippen LogP contribution in [0.15, 0.2) is 36.8 Å². The molecule has 3 heterocycles. The van der Waals surface area contributed by atoms with Crippen molar-refractivity contribution in [1.29, 1.82) is 0 Å². The summed E-state index contributed by atoms with van der Waals surface area (Å²) in [6, 6.07) is 4.41. The minimum absolute atomic E-state index is 0.0361. The van der Waals surface area contributed by atoms with Gasteiger partial charge in [-0.15, -0.1) is 0 Å². The predicted octanol–water partition coefficient (Wildman–Crippen LogP) is 2.53. The van der Waals surface area contributed by atoms with Crippen molar-refractivity contribution in [2.75, 3.05) is 10.6 Å². The average molecular weight is 410 g/mol. The molecule has 0 saturated heterocycles. The molecule has 3 aromatic rings. The Kier molecular flexibility index (Phi) is 5.57. The van der Waals surface area contributed by atoms with Crippen LogP contribution in [0, 0.1) is 5.82 Å². The predicted molar refractivity (Wildman–Crippen MR) is 112 cm³/mol. The normalized spacial score (nSPS) is 18.7. The minimum atomic E-state index is -0.783. The van der Waals surface area contributed by atoms with Gasteiger partial charge in [0, 0.05) is 35.7 Å². The number of H-pyrrole nitrogens is 1. The van der Waals surface area contributed by atoms with Crippen LogP contribution in [-0.2, 0) is 0 Å². The van der Waals surface area contributed by atoms with Crippen molar-refractivity contribution in [2.45, 2.75) is 37.8 Å². The number of carbonyl (C=O) groups is 1. The zero-order chi connectivity index (χ0) is 21.1. The third-order valence-corrected chi connectivity index (χ3v) is 5.20. The largest absolute Gasteiger partial charge is 0.365 e. The Morgan fingerprint density at radius 1 is 1.23 bits per heavy atom. The Hall–Kier alpha value is -3.53. The Bertz CT molecular complexity index is 1040. The number of carbonyl (C=O) groups excluding carboxylic acids is 1. The molecule has 0 aromatic carbocycles. The van der Waals surface area contributed by atoms with Crippen LogP contribution in [0.2, 0.25) is 0 Å².